The molecule has 0 spiro atoms. The number of benzene rings is 1. The van der Waals surface area contributed by atoms with E-state index in [0.29, 0.717) is 11.1 Å². The molecule has 2 heterocycles. The normalized spacial score (nSPS) is 17.3. The molecule has 0 aliphatic carbocycles. The third-order valence-corrected chi connectivity index (χ3v) is 4.77. The van der Waals surface area contributed by atoms with Crippen LogP contribution in [-0.2, 0) is 14.4 Å². The molecule has 1 aromatic carbocycles. The Hall–Kier alpha value is -3.88. The SMILES string of the molecule is CC1=CN(C)C(=O)C(NC(=O)NC(CC(=O)O)c2cccc(-n3cccc3)c2)C1=O. The number of carboxylic acid groups (broad SMARTS) is 1. The monoisotopic (exact) mass is 410 g/mol. The van der Waals surface area contributed by atoms with Gasteiger partial charge in [0.15, 0.2) is 11.8 Å². The minimum Gasteiger partial charge on any atom is -0.481 e. The van der Waals surface area contributed by atoms with Crippen molar-refractivity contribution in [2.75, 3.05) is 7.05 Å². The number of nitrogens with zero attached hydrogens (tertiary/aromatic N) is 2. The molecule has 0 fully saturated rings. The highest BCUT2D eigenvalue weighted by Crippen LogP contribution is 2.21. The summed E-state index contributed by atoms with van der Waals surface area (Å²) in [6, 6.07) is 7.80. The summed E-state index contributed by atoms with van der Waals surface area (Å²) in [5.74, 6) is -2.17. The largest absolute Gasteiger partial charge is 0.481 e. The molecule has 3 amide bonds. The van der Waals surface area contributed by atoms with E-state index in [1.807, 2.05) is 35.2 Å². The first-order chi connectivity index (χ1) is 14.3. The van der Waals surface area contributed by atoms with Crippen molar-refractivity contribution < 1.29 is 24.3 Å². The number of likely N-dealkylation sites (N-methyl/N-ethyl adjacent to an activating group) is 1. The van der Waals surface area contributed by atoms with Crippen molar-refractivity contribution in [3.05, 3.63) is 66.1 Å². The van der Waals surface area contributed by atoms with Gasteiger partial charge in [-0.2, -0.15) is 0 Å². The quantitative estimate of drug-likeness (QED) is 0.625. The molecule has 9 heteroatoms. The van der Waals surface area contributed by atoms with Crippen LogP contribution in [0.3, 0.4) is 0 Å². The summed E-state index contributed by atoms with van der Waals surface area (Å²) in [7, 11) is 1.49. The lowest BCUT2D eigenvalue weighted by atomic mass is 10.0. The van der Waals surface area contributed by atoms with Crippen molar-refractivity contribution in [2.45, 2.75) is 25.4 Å². The molecule has 2 atom stereocenters. The Morgan fingerprint density at radius 1 is 1.17 bits per heavy atom. The lowest BCUT2D eigenvalue weighted by Crippen LogP contribution is -2.56. The molecule has 0 saturated heterocycles. The summed E-state index contributed by atoms with van der Waals surface area (Å²) < 4.78 is 1.85. The molecular weight excluding hydrogens is 388 g/mol. The zero-order chi connectivity index (χ0) is 21.8. The third kappa shape index (κ3) is 4.57. The molecule has 0 radical (unpaired) electrons. The molecule has 1 aromatic heterocycles. The van der Waals surface area contributed by atoms with Gasteiger partial charge in [-0.3, -0.25) is 14.4 Å². The van der Waals surface area contributed by atoms with Gasteiger partial charge >= 0.3 is 12.0 Å². The Morgan fingerprint density at radius 3 is 2.53 bits per heavy atom. The van der Waals surface area contributed by atoms with Crippen LogP contribution in [0.25, 0.3) is 5.69 Å². The first kappa shape index (κ1) is 20.8. The number of amides is 3. The van der Waals surface area contributed by atoms with E-state index in [0.717, 1.165) is 5.69 Å². The molecule has 9 nitrogen and oxygen atoms in total. The fourth-order valence-corrected chi connectivity index (χ4v) is 3.26. The highest BCUT2D eigenvalue weighted by Gasteiger charge is 2.35. The predicted octanol–water partition coefficient (Wildman–Crippen LogP) is 1.61. The Bertz CT molecular complexity index is 1010. The van der Waals surface area contributed by atoms with E-state index in [2.05, 4.69) is 10.6 Å². The van der Waals surface area contributed by atoms with Gasteiger partial charge in [0.25, 0.3) is 5.91 Å². The topological polar surface area (TPSA) is 121 Å². The van der Waals surface area contributed by atoms with Crippen LogP contribution in [0.15, 0.2) is 60.6 Å². The van der Waals surface area contributed by atoms with E-state index in [1.165, 1.54) is 18.1 Å². The van der Waals surface area contributed by atoms with Crippen LogP contribution in [0.5, 0.6) is 0 Å². The zero-order valence-electron chi connectivity index (χ0n) is 16.5. The maximum absolute atomic E-state index is 12.5. The number of carboxylic acids is 1. The predicted molar refractivity (Wildman–Crippen MR) is 108 cm³/mol. The molecule has 3 rings (SSSR count). The number of rotatable bonds is 6. The van der Waals surface area contributed by atoms with E-state index < -0.39 is 35.8 Å². The standard InChI is InChI=1S/C21H22N4O5/c1-13-12-24(2)20(29)18(19(13)28)23-21(30)22-16(11-17(26)27)14-6-5-7-15(10-14)25-8-3-4-9-25/h3-10,12,16,18H,11H2,1-2H3,(H,26,27)(H2,22,23,30). The summed E-state index contributed by atoms with van der Waals surface area (Å²) in [6.45, 7) is 1.55. The number of aliphatic carboxylic acids is 1. The number of hydrogen-bond acceptors (Lipinski definition) is 4. The van der Waals surface area contributed by atoms with Crippen LogP contribution in [0.1, 0.15) is 24.9 Å². The van der Waals surface area contributed by atoms with Crippen LogP contribution < -0.4 is 10.6 Å². The van der Waals surface area contributed by atoms with Crippen LogP contribution in [0.4, 0.5) is 4.79 Å². The number of ketones is 1. The Morgan fingerprint density at radius 2 is 1.87 bits per heavy atom. The molecule has 1 aliphatic rings. The zero-order valence-corrected chi connectivity index (χ0v) is 16.5. The molecular formula is C21H22N4O5. The minimum atomic E-state index is -1.35. The van der Waals surface area contributed by atoms with E-state index in [-0.39, 0.29) is 6.42 Å². The number of carbonyl (C=O) groups is 4. The van der Waals surface area contributed by atoms with Crippen molar-refractivity contribution in [3.63, 3.8) is 0 Å². The summed E-state index contributed by atoms with van der Waals surface area (Å²) in [5.41, 5.74) is 1.72. The second-order valence-electron chi connectivity index (χ2n) is 7.01. The van der Waals surface area contributed by atoms with Crippen molar-refractivity contribution in [1.29, 1.82) is 0 Å². The van der Waals surface area contributed by atoms with Gasteiger partial charge in [-0.15, -0.1) is 0 Å². The lowest BCUT2D eigenvalue weighted by molar-refractivity contribution is -0.138. The third-order valence-electron chi connectivity index (χ3n) is 4.77. The molecule has 2 unspecified atom stereocenters. The number of Topliss-reactive ketones (excluding diaryl/α,β-unsaturated/α-hetero) is 1. The average molecular weight is 410 g/mol. The van der Waals surface area contributed by atoms with Gasteiger partial charge in [-0.1, -0.05) is 12.1 Å². The van der Waals surface area contributed by atoms with Crippen LogP contribution in [-0.4, -0.2) is 51.4 Å². The Labute approximate surface area is 173 Å². The molecule has 0 bridgehead atoms. The maximum Gasteiger partial charge on any atom is 0.316 e. The summed E-state index contributed by atoms with van der Waals surface area (Å²) in [5, 5.41) is 14.2. The smallest absolute Gasteiger partial charge is 0.316 e. The fraction of sp³-hybridized carbons (Fsp3) is 0.238. The van der Waals surface area contributed by atoms with Gasteiger partial charge in [0, 0.05) is 36.9 Å². The summed E-state index contributed by atoms with van der Waals surface area (Å²) in [4.78, 5) is 49.6. The van der Waals surface area contributed by atoms with Crippen molar-refractivity contribution in [1.82, 2.24) is 20.1 Å². The number of urea groups is 1. The van der Waals surface area contributed by atoms with Crippen molar-refractivity contribution in [3.8, 4) is 5.69 Å². The van der Waals surface area contributed by atoms with E-state index in [4.69, 9.17) is 0 Å². The lowest BCUT2D eigenvalue weighted by Gasteiger charge is -2.27. The van der Waals surface area contributed by atoms with Crippen LogP contribution in [0, 0.1) is 0 Å². The minimum absolute atomic E-state index is 0.337. The first-order valence-corrected chi connectivity index (χ1v) is 9.27. The van der Waals surface area contributed by atoms with Gasteiger partial charge in [-0.05, 0) is 36.8 Å². The van der Waals surface area contributed by atoms with Gasteiger partial charge in [0.05, 0.1) is 12.5 Å². The Kier molecular flexibility index (Phi) is 6.01. The van der Waals surface area contributed by atoms with E-state index in [9.17, 15) is 24.3 Å². The van der Waals surface area contributed by atoms with Gasteiger partial charge in [0.2, 0.25) is 0 Å². The fourth-order valence-electron chi connectivity index (χ4n) is 3.26. The molecule has 30 heavy (non-hydrogen) atoms. The summed E-state index contributed by atoms with van der Waals surface area (Å²) >= 11 is 0. The second-order valence-corrected chi connectivity index (χ2v) is 7.01. The highest BCUT2D eigenvalue weighted by atomic mass is 16.4. The van der Waals surface area contributed by atoms with Gasteiger partial charge in [0.1, 0.15) is 0 Å². The van der Waals surface area contributed by atoms with Crippen LogP contribution >= 0.6 is 0 Å². The van der Waals surface area contributed by atoms with Gasteiger partial charge < -0.3 is 25.2 Å². The number of hydrogen-bond donors (Lipinski definition) is 3. The average Bonchev–Trinajstić information content (AvgIpc) is 3.24. The maximum atomic E-state index is 12.5. The van der Waals surface area contributed by atoms with Crippen molar-refractivity contribution in [2.24, 2.45) is 0 Å². The second kappa shape index (κ2) is 8.64. The van der Waals surface area contributed by atoms with Gasteiger partial charge in [-0.25, -0.2) is 4.79 Å². The van der Waals surface area contributed by atoms with Crippen LogP contribution in [0.2, 0.25) is 0 Å². The Balaban J connectivity index is 1.79. The van der Waals surface area contributed by atoms with Crippen molar-refractivity contribution >= 4 is 23.7 Å². The number of nitrogens with one attached hydrogen (secondary N) is 2. The molecule has 1 aliphatic heterocycles. The van der Waals surface area contributed by atoms with E-state index in [1.54, 1.807) is 25.1 Å². The number of aromatic nitrogens is 1. The molecule has 3 N–H and O–H groups in total. The number of carbonyl (C=O) groups excluding carboxylic acids is 3. The molecule has 156 valence electrons. The first-order valence-electron chi connectivity index (χ1n) is 9.27. The van der Waals surface area contributed by atoms with E-state index >= 15 is 0 Å². The highest BCUT2D eigenvalue weighted by molar-refractivity contribution is 6.16. The summed E-state index contributed by atoms with van der Waals surface area (Å²) in [6.07, 6.45) is 4.73. The molecule has 2 aromatic rings. The molecule has 0 saturated carbocycles.